The smallest absolute Gasteiger partial charge is 0.314 e. The van der Waals surface area contributed by atoms with Crippen molar-refractivity contribution in [3.05, 3.63) is 103 Å². The second kappa shape index (κ2) is 9.01. The number of rotatable bonds is 6. The van der Waals surface area contributed by atoms with Crippen molar-refractivity contribution in [2.75, 3.05) is 0 Å². The lowest BCUT2D eigenvalue weighted by Gasteiger charge is -2.10. The normalized spacial score (nSPS) is 10.7. The van der Waals surface area contributed by atoms with Crippen molar-refractivity contribution in [1.82, 2.24) is 15.3 Å². The molecule has 1 heterocycles. The second-order valence-electron chi connectivity index (χ2n) is 6.91. The van der Waals surface area contributed by atoms with Gasteiger partial charge in [-0.1, -0.05) is 46.3 Å². The van der Waals surface area contributed by atoms with Crippen molar-refractivity contribution in [1.29, 1.82) is 0 Å². The third kappa shape index (κ3) is 5.10. The highest BCUT2D eigenvalue weighted by Crippen LogP contribution is 2.22. The second-order valence-corrected chi connectivity index (χ2v) is 7.83. The van der Waals surface area contributed by atoms with Gasteiger partial charge in [0, 0.05) is 11.0 Å². The number of amides is 1. The Balaban J connectivity index is 1.45. The summed E-state index contributed by atoms with van der Waals surface area (Å²) in [6.45, 7) is 0.191. The zero-order valence-corrected chi connectivity index (χ0v) is 17.9. The molecular weight excluding hydrogens is 462 g/mol. The maximum Gasteiger partial charge on any atom is 0.314 e. The molecule has 0 aliphatic heterocycles. The van der Waals surface area contributed by atoms with Crippen molar-refractivity contribution >= 4 is 32.9 Å². The monoisotopic (exact) mass is 479 g/mol. The van der Waals surface area contributed by atoms with Gasteiger partial charge in [0.25, 0.3) is 0 Å². The zero-order valence-electron chi connectivity index (χ0n) is 16.3. The van der Waals surface area contributed by atoms with Crippen LogP contribution in [-0.2, 0) is 17.8 Å². The van der Waals surface area contributed by atoms with Crippen LogP contribution in [0.2, 0.25) is 0 Å². The van der Waals surface area contributed by atoms with Crippen LogP contribution in [0.15, 0.2) is 80.8 Å². The van der Waals surface area contributed by atoms with Gasteiger partial charge in [0.2, 0.25) is 5.91 Å². The number of aromatic amines is 2. The topological polar surface area (TPSA) is 104 Å². The Labute approximate surface area is 185 Å². The third-order valence-electron chi connectivity index (χ3n) is 4.60. The Bertz CT molecular complexity index is 1360. The molecule has 1 amide bonds. The van der Waals surface area contributed by atoms with Crippen molar-refractivity contribution in [3.63, 3.8) is 0 Å². The van der Waals surface area contributed by atoms with Gasteiger partial charge < -0.3 is 20.0 Å². The highest BCUT2D eigenvalue weighted by molar-refractivity contribution is 9.10. The number of aromatic nitrogens is 2. The lowest BCUT2D eigenvalue weighted by molar-refractivity contribution is -0.120. The van der Waals surface area contributed by atoms with E-state index in [1.165, 1.54) is 0 Å². The summed E-state index contributed by atoms with van der Waals surface area (Å²) in [5.41, 5.74) is 0.978. The van der Waals surface area contributed by atoms with Crippen LogP contribution >= 0.6 is 15.9 Å². The summed E-state index contributed by atoms with van der Waals surface area (Å²) in [5, 5.41) is 2.86. The minimum absolute atomic E-state index is 0.172. The molecule has 8 heteroatoms. The number of ether oxygens (including phenoxy) is 1. The standard InChI is InChI=1S/C23H18BrN3O4/c24-16-11-15(21-19(12-16)26-22(29)23(30)27-21)13-25-20(28)10-14-5-4-8-18(9-14)31-17-6-2-1-3-7-17/h1-9,11-12H,10,13H2,(H,25,28)(H,26,29)(H,27,30). The van der Waals surface area contributed by atoms with Crippen molar-refractivity contribution in [2.45, 2.75) is 13.0 Å². The molecule has 0 radical (unpaired) electrons. The Hall–Kier alpha value is -3.65. The number of halogens is 1. The molecule has 156 valence electrons. The Morgan fingerprint density at radius 1 is 0.903 bits per heavy atom. The molecule has 0 bridgehead atoms. The SMILES string of the molecule is O=C(Cc1cccc(Oc2ccccc2)c1)NCc1cc(Br)cc2[nH]c(=O)c(=O)[nH]c12. The predicted molar refractivity (Wildman–Crippen MR) is 121 cm³/mol. The molecule has 3 aromatic carbocycles. The maximum atomic E-state index is 12.5. The summed E-state index contributed by atoms with van der Waals surface area (Å²) in [7, 11) is 0. The fraction of sp³-hybridized carbons (Fsp3) is 0.0870. The fourth-order valence-corrected chi connectivity index (χ4v) is 3.69. The molecule has 4 aromatic rings. The number of hydrogen-bond donors (Lipinski definition) is 3. The van der Waals surface area contributed by atoms with Gasteiger partial charge in [-0.3, -0.25) is 14.4 Å². The van der Waals surface area contributed by atoms with E-state index in [2.05, 4.69) is 31.2 Å². The molecule has 0 aliphatic carbocycles. The molecule has 3 N–H and O–H groups in total. The Kier molecular flexibility index (Phi) is 5.99. The van der Waals surface area contributed by atoms with E-state index in [-0.39, 0.29) is 18.9 Å². The zero-order chi connectivity index (χ0) is 21.8. The van der Waals surface area contributed by atoms with E-state index in [1.54, 1.807) is 12.1 Å². The molecule has 0 unspecified atom stereocenters. The van der Waals surface area contributed by atoms with Crippen molar-refractivity contribution < 1.29 is 9.53 Å². The molecule has 0 spiro atoms. The lowest BCUT2D eigenvalue weighted by atomic mass is 10.1. The number of carbonyl (C=O) groups excluding carboxylic acids is 1. The van der Waals surface area contributed by atoms with Gasteiger partial charge in [0.15, 0.2) is 0 Å². The van der Waals surface area contributed by atoms with Crippen molar-refractivity contribution in [2.24, 2.45) is 0 Å². The average molecular weight is 480 g/mol. The average Bonchev–Trinajstić information content (AvgIpc) is 2.74. The molecule has 0 aliphatic rings. The maximum absolute atomic E-state index is 12.5. The summed E-state index contributed by atoms with van der Waals surface area (Å²) in [6, 6.07) is 20.2. The van der Waals surface area contributed by atoms with Gasteiger partial charge in [-0.15, -0.1) is 0 Å². The van der Waals surface area contributed by atoms with Gasteiger partial charge in [0.05, 0.1) is 17.5 Å². The largest absolute Gasteiger partial charge is 0.457 e. The van der Waals surface area contributed by atoms with E-state index >= 15 is 0 Å². The Morgan fingerprint density at radius 3 is 2.45 bits per heavy atom. The predicted octanol–water partition coefficient (Wildman–Crippen LogP) is 3.63. The van der Waals surface area contributed by atoms with Crippen LogP contribution in [0.25, 0.3) is 11.0 Å². The number of carbonyl (C=O) groups is 1. The van der Waals surface area contributed by atoms with Crippen LogP contribution in [0.3, 0.4) is 0 Å². The first-order chi connectivity index (χ1) is 15.0. The third-order valence-corrected chi connectivity index (χ3v) is 5.05. The van der Waals surface area contributed by atoms with Gasteiger partial charge in [0.1, 0.15) is 11.5 Å². The summed E-state index contributed by atoms with van der Waals surface area (Å²) in [5.74, 6) is 1.19. The van der Waals surface area contributed by atoms with Gasteiger partial charge in [-0.2, -0.15) is 0 Å². The molecule has 31 heavy (non-hydrogen) atoms. The summed E-state index contributed by atoms with van der Waals surface area (Å²) in [4.78, 5) is 40.9. The molecular formula is C23H18BrN3O4. The van der Waals surface area contributed by atoms with Gasteiger partial charge in [-0.05, 0) is 47.5 Å². The van der Waals surface area contributed by atoms with Crippen molar-refractivity contribution in [3.8, 4) is 11.5 Å². The quantitative estimate of drug-likeness (QED) is 0.367. The highest BCUT2D eigenvalue weighted by Gasteiger charge is 2.10. The number of H-pyrrole nitrogens is 2. The molecule has 4 rings (SSSR count). The molecule has 0 atom stereocenters. The number of benzene rings is 3. The minimum atomic E-state index is -0.738. The van der Waals surface area contributed by atoms with Gasteiger partial charge >= 0.3 is 11.1 Å². The van der Waals surface area contributed by atoms with E-state index in [9.17, 15) is 14.4 Å². The van der Waals surface area contributed by atoms with E-state index in [1.807, 2.05) is 54.6 Å². The van der Waals surface area contributed by atoms with Crippen LogP contribution in [0.4, 0.5) is 0 Å². The van der Waals surface area contributed by atoms with E-state index < -0.39 is 11.1 Å². The highest BCUT2D eigenvalue weighted by atomic mass is 79.9. The van der Waals surface area contributed by atoms with Crippen LogP contribution in [0.5, 0.6) is 11.5 Å². The van der Waals surface area contributed by atoms with E-state index in [0.717, 1.165) is 15.8 Å². The van der Waals surface area contributed by atoms with E-state index in [4.69, 9.17) is 4.74 Å². The first-order valence-electron chi connectivity index (χ1n) is 9.51. The molecule has 0 saturated heterocycles. The fourth-order valence-electron chi connectivity index (χ4n) is 3.18. The number of fused-ring (bicyclic) bond motifs is 1. The van der Waals surface area contributed by atoms with Gasteiger partial charge in [-0.25, -0.2) is 0 Å². The number of para-hydroxylation sites is 1. The Morgan fingerprint density at radius 2 is 1.65 bits per heavy atom. The van der Waals surface area contributed by atoms with Crippen LogP contribution in [0.1, 0.15) is 11.1 Å². The van der Waals surface area contributed by atoms with Crippen LogP contribution in [-0.4, -0.2) is 15.9 Å². The molecule has 1 aromatic heterocycles. The van der Waals surface area contributed by atoms with Crippen LogP contribution in [0, 0.1) is 0 Å². The lowest BCUT2D eigenvalue weighted by Crippen LogP contribution is -2.30. The molecule has 0 fully saturated rings. The summed E-state index contributed by atoms with van der Waals surface area (Å²) in [6.07, 6.45) is 0.172. The summed E-state index contributed by atoms with van der Waals surface area (Å²) < 4.78 is 6.53. The van der Waals surface area contributed by atoms with Crippen LogP contribution < -0.4 is 21.2 Å². The number of hydrogen-bond acceptors (Lipinski definition) is 4. The van der Waals surface area contributed by atoms with E-state index in [0.29, 0.717) is 22.3 Å². The first kappa shape index (κ1) is 20.6. The first-order valence-corrected chi connectivity index (χ1v) is 10.3. The summed E-state index contributed by atoms with van der Waals surface area (Å²) >= 11 is 3.38. The molecule has 0 saturated carbocycles. The number of nitrogens with one attached hydrogen (secondary N) is 3. The molecule has 7 nitrogen and oxygen atoms in total. The minimum Gasteiger partial charge on any atom is -0.457 e.